The number of anilines is 2. The fourth-order valence-corrected chi connectivity index (χ4v) is 2.90. The normalized spacial score (nSPS) is 11.0. The number of aryl methyl sites for hydroxylation is 2. The second-order valence-corrected chi connectivity index (χ2v) is 6.11. The minimum absolute atomic E-state index is 0.326. The molecule has 8 heteroatoms. The maximum atomic E-state index is 12.7. The van der Waals surface area contributed by atoms with Crippen molar-refractivity contribution in [1.82, 2.24) is 24.4 Å². The number of hydrogen-bond donors (Lipinski definition) is 2. The predicted molar refractivity (Wildman–Crippen MR) is 98.4 cm³/mol. The molecule has 0 bridgehead atoms. The molecule has 0 fully saturated rings. The largest absolute Gasteiger partial charge is 0.384 e. The van der Waals surface area contributed by atoms with Crippen molar-refractivity contribution < 1.29 is 4.79 Å². The lowest BCUT2D eigenvalue weighted by molar-refractivity contribution is 0.102. The Bertz CT molecular complexity index is 1110. The molecule has 8 nitrogen and oxygen atoms in total. The van der Waals surface area contributed by atoms with Gasteiger partial charge in [0.15, 0.2) is 5.65 Å². The van der Waals surface area contributed by atoms with Gasteiger partial charge in [-0.05, 0) is 43.2 Å². The van der Waals surface area contributed by atoms with E-state index in [1.807, 2.05) is 26.0 Å². The minimum Gasteiger partial charge on any atom is -0.384 e. The highest BCUT2D eigenvalue weighted by Crippen LogP contribution is 2.19. The highest BCUT2D eigenvalue weighted by Gasteiger charge is 2.16. The van der Waals surface area contributed by atoms with E-state index in [0.717, 1.165) is 16.8 Å². The quantitative estimate of drug-likeness (QED) is 0.592. The third kappa shape index (κ3) is 2.77. The van der Waals surface area contributed by atoms with E-state index in [0.29, 0.717) is 22.8 Å². The van der Waals surface area contributed by atoms with E-state index in [1.54, 1.807) is 29.2 Å². The number of aromatic nitrogens is 5. The van der Waals surface area contributed by atoms with Crippen LogP contribution in [0.4, 0.5) is 11.6 Å². The lowest BCUT2D eigenvalue weighted by Crippen LogP contribution is -2.15. The molecule has 0 unspecified atom stereocenters. The third-order valence-electron chi connectivity index (χ3n) is 3.97. The fourth-order valence-electron chi connectivity index (χ4n) is 2.90. The standard InChI is InChI=1S/C18H17N7O/c1-11-7-12(2)9-13(8-11)25-16(3-5-20-25)23-18(26)14-10-21-24-6-4-15(19)22-17(14)24/h3-10H,1-2H3,(H2,19,22)(H,23,26). The van der Waals surface area contributed by atoms with Gasteiger partial charge in [-0.3, -0.25) is 4.79 Å². The number of nitrogens with one attached hydrogen (secondary N) is 1. The van der Waals surface area contributed by atoms with Gasteiger partial charge < -0.3 is 11.1 Å². The summed E-state index contributed by atoms with van der Waals surface area (Å²) in [5.41, 5.74) is 9.58. The number of benzene rings is 1. The maximum absolute atomic E-state index is 12.7. The van der Waals surface area contributed by atoms with Crippen molar-refractivity contribution in [3.05, 3.63) is 65.6 Å². The first-order valence-corrected chi connectivity index (χ1v) is 8.05. The van der Waals surface area contributed by atoms with Crippen LogP contribution in [0.25, 0.3) is 11.3 Å². The zero-order chi connectivity index (χ0) is 18.3. The van der Waals surface area contributed by atoms with Crippen LogP contribution in [0.2, 0.25) is 0 Å². The first-order valence-electron chi connectivity index (χ1n) is 8.05. The van der Waals surface area contributed by atoms with Gasteiger partial charge in [0.05, 0.1) is 18.1 Å². The van der Waals surface area contributed by atoms with E-state index in [1.165, 1.54) is 10.7 Å². The molecule has 3 N–H and O–H groups in total. The van der Waals surface area contributed by atoms with Crippen LogP contribution in [-0.2, 0) is 0 Å². The van der Waals surface area contributed by atoms with E-state index in [-0.39, 0.29) is 5.91 Å². The van der Waals surface area contributed by atoms with E-state index in [4.69, 9.17) is 5.73 Å². The fraction of sp³-hybridized carbons (Fsp3) is 0.111. The Morgan fingerprint density at radius 3 is 2.65 bits per heavy atom. The molecule has 4 rings (SSSR count). The van der Waals surface area contributed by atoms with Crippen LogP contribution in [0.1, 0.15) is 21.5 Å². The van der Waals surface area contributed by atoms with Gasteiger partial charge in [0.2, 0.25) is 0 Å². The van der Waals surface area contributed by atoms with Crippen molar-refractivity contribution in [3.63, 3.8) is 0 Å². The SMILES string of the molecule is Cc1cc(C)cc(-n2nccc2NC(=O)c2cnn3ccc(N)nc23)c1. The van der Waals surface area contributed by atoms with Gasteiger partial charge in [0.25, 0.3) is 5.91 Å². The Hall–Kier alpha value is -3.68. The smallest absolute Gasteiger partial charge is 0.262 e. The molecule has 3 heterocycles. The summed E-state index contributed by atoms with van der Waals surface area (Å²) in [7, 11) is 0. The minimum atomic E-state index is -0.329. The molecule has 26 heavy (non-hydrogen) atoms. The summed E-state index contributed by atoms with van der Waals surface area (Å²) in [6.07, 6.45) is 4.77. The Labute approximate surface area is 149 Å². The van der Waals surface area contributed by atoms with Crippen LogP contribution >= 0.6 is 0 Å². The first-order chi connectivity index (χ1) is 12.5. The van der Waals surface area contributed by atoms with Crippen LogP contribution < -0.4 is 11.1 Å². The maximum Gasteiger partial charge on any atom is 0.262 e. The molecule has 1 aromatic carbocycles. The third-order valence-corrected chi connectivity index (χ3v) is 3.97. The summed E-state index contributed by atoms with van der Waals surface area (Å²) < 4.78 is 3.19. The number of nitrogen functional groups attached to an aromatic ring is 1. The van der Waals surface area contributed by atoms with Gasteiger partial charge in [0, 0.05) is 12.3 Å². The topological polar surface area (TPSA) is 103 Å². The zero-order valence-corrected chi connectivity index (χ0v) is 14.3. The van der Waals surface area contributed by atoms with E-state index in [9.17, 15) is 4.79 Å². The van der Waals surface area contributed by atoms with Crippen LogP contribution in [0, 0.1) is 13.8 Å². The highest BCUT2D eigenvalue weighted by atomic mass is 16.1. The summed E-state index contributed by atoms with van der Waals surface area (Å²) >= 11 is 0. The van der Waals surface area contributed by atoms with Gasteiger partial charge in [-0.25, -0.2) is 14.2 Å². The molecule has 0 spiro atoms. The second-order valence-electron chi connectivity index (χ2n) is 6.11. The Morgan fingerprint density at radius 1 is 1.12 bits per heavy atom. The lowest BCUT2D eigenvalue weighted by Gasteiger charge is -2.10. The summed E-state index contributed by atoms with van der Waals surface area (Å²) in [4.78, 5) is 16.9. The molecular weight excluding hydrogens is 330 g/mol. The zero-order valence-electron chi connectivity index (χ0n) is 14.3. The number of fused-ring (bicyclic) bond motifs is 1. The molecule has 130 valence electrons. The van der Waals surface area contributed by atoms with E-state index in [2.05, 4.69) is 26.6 Å². The number of nitrogens with two attached hydrogens (primary N) is 1. The van der Waals surface area contributed by atoms with Gasteiger partial charge in [-0.1, -0.05) is 6.07 Å². The molecule has 0 radical (unpaired) electrons. The first kappa shape index (κ1) is 15.8. The van der Waals surface area contributed by atoms with Gasteiger partial charge in [-0.2, -0.15) is 10.2 Å². The average Bonchev–Trinajstić information content (AvgIpc) is 3.20. The molecule has 0 aliphatic carbocycles. The van der Waals surface area contributed by atoms with Crippen LogP contribution in [-0.4, -0.2) is 30.3 Å². The Morgan fingerprint density at radius 2 is 1.88 bits per heavy atom. The summed E-state index contributed by atoms with van der Waals surface area (Å²) in [6, 6.07) is 9.46. The van der Waals surface area contributed by atoms with Gasteiger partial charge in [-0.15, -0.1) is 0 Å². The van der Waals surface area contributed by atoms with Crippen molar-refractivity contribution in [2.24, 2.45) is 0 Å². The molecule has 4 aromatic rings. The van der Waals surface area contributed by atoms with Crippen molar-refractivity contribution in [2.45, 2.75) is 13.8 Å². The van der Waals surface area contributed by atoms with E-state index < -0.39 is 0 Å². The van der Waals surface area contributed by atoms with Gasteiger partial charge >= 0.3 is 0 Å². The number of carbonyl (C=O) groups excluding carboxylic acids is 1. The molecular formula is C18H17N7O. The Balaban J connectivity index is 1.69. The van der Waals surface area contributed by atoms with Crippen molar-refractivity contribution in [1.29, 1.82) is 0 Å². The Kier molecular flexibility index (Phi) is 3.65. The monoisotopic (exact) mass is 347 g/mol. The number of carbonyl (C=O) groups is 1. The van der Waals surface area contributed by atoms with Crippen molar-refractivity contribution in [2.75, 3.05) is 11.1 Å². The summed E-state index contributed by atoms with van der Waals surface area (Å²) in [6.45, 7) is 4.04. The molecule has 0 saturated carbocycles. The molecule has 1 amide bonds. The van der Waals surface area contributed by atoms with Crippen molar-refractivity contribution in [3.8, 4) is 5.69 Å². The van der Waals surface area contributed by atoms with Crippen LogP contribution in [0.3, 0.4) is 0 Å². The molecule has 0 atom stereocenters. The number of rotatable bonds is 3. The molecule has 0 saturated heterocycles. The summed E-state index contributed by atoms with van der Waals surface area (Å²) in [5, 5.41) is 11.3. The van der Waals surface area contributed by atoms with Gasteiger partial charge in [0.1, 0.15) is 17.2 Å². The lowest BCUT2D eigenvalue weighted by atomic mass is 10.1. The number of hydrogen-bond acceptors (Lipinski definition) is 5. The molecule has 0 aliphatic rings. The number of amides is 1. The number of nitrogens with zero attached hydrogens (tertiary/aromatic N) is 5. The molecule has 0 aliphatic heterocycles. The molecule has 3 aromatic heterocycles. The van der Waals surface area contributed by atoms with Crippen LogP contribution in [0.15, 0.2) is 48.9 Å². The van der Waals surface area contributed by atoms with Crippen molar-refractivity contribution >= 4 is 23.2 Å². The predicted octanol–water partition coefficient (Wildman–Crippen LogP) is 2.37. The average molecular weight is 347 g/mol. The summed E-state index contributed by atoms with van der Waals surface area (Å²) in [5.74, 6) is 0.555. The second kappa shape index (κ2) is 5.99. The highest BCUT2D eigenvalue weighted by molar-refractivity contribution is 6.07. The van der Waals surface area contributed by atoms with E-state index >= 15 is 0 Å². The van der Waals surface area contributed by atoms with Crippen LogP contribution in [0.5, 0.6) is 0 Å².